The summed E-state index contributed by atoms with van der Waals surface area (Å²) in [5, 5.41) is 10.6. The van der Waals surface area contributed by atoms with Crippen molar-refractivity contribution in [3.05, 3.63) is 35.4 Å². The van der Waals surface area contributed by atoms with Gasteiger partial charge in [0, 0.05) is 19.6 Å². The molecule has 1 N–H and O–H groups in total. The lowest BCUT2D eigenvalue weighted by Gasteiger charge is -2.26. The Morgan fingerprint density at radius 3 is 2.53 bits per heavy atom. The minimum atomic E-state index is -0.565. The van der Waals surface area contributed by atoms with Crippen LogP contribution in [0.2, 0.25) is 0 Å². The van der Waals surface area contributed by atoms with Crippen LogP contribution in [0.3, 0.4) is 0 Å². The molecule has 1 fully saturated rings. The van der Waals surface area contributed by atoms with Gasteiger partial charge in [0.25, 0.3) is 0 Å². The summed E-state index contributed by atoms with van der Waals surface area (Å²) in [5.41, 5.74) is 2.01. The molecule has 1 atom stereocenters. The third-order valence-corrected chi connectivity index (χ3v) is 3.61. The summed E-state index contributed by atoms with van der Waals surface area (Å²) in [6.45, 7) is 3.63. The van der Waals surface area contributed by atoms with Crippen molar-refractivity contribution in [3.8, 4) is 0 Å². The second-order valence-corrected chi connectivity index (χ2v) is 5.04. The fourth-order valence-corrected chi connectivity index (χ4v) is 2.44. The quantitative estimate of drug-likeness (QED) is 0.871. The van der Waals surface area contributed by atoms with Crippen LogP contribution in [0.4, 0.5) is 0 Å². The lowest BCUT2D eigenvalue weighted by atomic mass is 9.87. The van der Waals surface area contributed by atoms with Gasteiger partial charge in [0.1, 0.15) is 0 Å². The van der Waals surface area contributed by atoms with Crippen molar-refractivity contribution in [3.63, 3.8) is 0 Å². The minimum Gasteiger partial charge on any atom is -0.389 e. The van der Waals surface area contributed by atoms with Gasteiger partial charge in [0.05, 0.1) is 5.60 Å². The first kappa shape index (κ1) is 12.6. The zero-order chi connectivity index (χ0) is 12.1. The molecule has 2 rings (SSSR count). The van der Waals surface area contributed by atoms with E-state index in [1.807, 2.05) is 0 Å². The Hall–Kier alpha value is -0.860. The summed E-state index contributed by atoms with van der Waals surface area (Å²) in [5.74, 6) is 0. The van der Waals surface area contributed by atoms with E-state index in [1.54, 1.807) is 0 Å². The predicted octanol–water partition coefficient (Wildman–Crippen LogP) is 2.72. The van der Waals surface area contributed by atoms with Gasteiger partial charge in [-0.3, -0.25) is 0 Å². The van der Waals surface area contributed by atoms with Crippen LogP contribution >= 0.6 is 0 Å². The van der Waals surface area contributed by atoms with Gasteiger partial charge in [0.15, 0.2) is 0 Å². The van der Waals surface area contributed by atoms with E-state index in [9.17, 15) is 5.11 Å². The number of hydrogen-bond donors (Lipinski definition) is 1. The van der Waals surface area contributed by atoms with Gasteiger partial charge in [-0.2, -0.15) is 0 Å². The van der Waals surface area contributed by atoms with Gasteiger partial charge in [0.2, 0.25) is 0 Å². The first-order valence-electron chi connectivity index (χ1n) is 6.60. The summed E-state index contributed by atoms with van der Waals surface area (Å²) in [7, 11) is 0. The standard InChI is InChI=1S/C15H22O2/c1-2-13-4-6-14(7-5-13)12-15(16)8-3-10-17-11-9-15/h4-7,16H,2-3,8-12H2,1H3. The average molecular weight is 234 g/mol. The third kappa shape index (κ3) is 3.55. The summed E-state index contributed by atoms with van der Waals surface area (Å²) in [6.07, 6.45) is 4.38. The smallest absolute Gasteiger partial charge is 0.0710 e. The molecule has 1 aromatic rings. The normalized spacial score (nSPS) is 25.5. The van der Waals surface area contributed by atoms with Gasteiger partial charge in [-0.1, -0.05) is 31.2 Å². The zero-order valence-electron chi connectivity index (χ0n) is 10.6. The third-order valence-electron chi connectivity index (χ3n) is 3.61. The van der Waals surface area contributed by atoms with E-state index in [1.165, 1.54) is 11.1 Å². The maximum absolute atomic E-state index is 10.6. The lowest BCUT2D eigenvalue weighted by molar-refractivity contribution is 0.0189. The number of ether oxygens (including phenoxy) is 1. The molecule has 2 heteroatoms. The molecule has 1 aromatic carbocycles. The van der Waals surface area contributed by atoms with E-state index >= 15 is 0 Å². The Kier molecular flexibility index (Phi) is 4.19. The van der Waals surface area contributed by atoms with Gasteiger partial charge >= 0.3 is 0 Å². The molecule has 0 saturated carbocycles. The zero-order valence-corrected chi connectivity index (χ0v) is 10.6. The molecule has 94 valence electrons. The van der Waals surface area contributed by atoms with E-state index in [2.05, 4.69) is 31.2 Å². The molecule has 17 heavy (non-hydrogen) atoms. The highest BCUT2D eigenvalue weighted by atomic mass is 16.5. The molecule has 2 nitrogen and oxygen atoms in total. The topological polar surface area (TPSA) is 29.5 Å². The van der Waals surface area contributed by atoms with Gasteiger partial charge in [-0.05, 0) is 36.8 Å². The molecule has 0 bridgehead atoms. The molecule has 1 aliphatic heterocycles. The van der Waals surface area contributed by atoms with Crippen molar-refractivity contribution < 1.29 is 9.84 Å². The molecule has 0 spiro atoms. The van der Waals surface area contributed by atoms with Crippen molar-refractivity contribution in [1.29, 1.82) is 0 Å². The second kappa shape index (κ2) is 5.65. The Bertz CT molecular complexity index is 334. The van der Waals surface area contributed by atoms with Crippen LogP contribution in [0.5, 0.6) is 0 Å². The summed E-state index contributed by atoms with van der Waals surface area (Å²) >= 11 is 0. The highest BCUT2D eigenvalue weighted by molar-refractivity contribution is 5.23. The number of hydrogen-bond acceptors (Lipinski definition) is 2. The fourth-order valence-electron chi connectivity index (χ4n) is 2.44. The summed E-state index contributed by atoms with van der Waals surface area (Å²) in [6, 6.07) is 8.60. The number of benzene rings is 1. The molecule has 1 saturated heterocycles. The Balaban J connectivity index is 2.02. The van der Waals surface area contributed by atoms with Crippen LogP contribution in [0.15, 0.2) is 24.3 Å². The number of aryl methyl sites for hydroxylation is 1. The van der Waals surface area contributed by atoms with Crippen molar-refractivity contribution in [2.45, 2.75) is 44.6 Å². The molecule has 0 amide bonds. The Morgan fingerprint density at radius 2 is 1.82 bits per heavy atom. The van der Waals surface area contributed by atoms with E-state index in [-0.39, 0.29) is 0 Å². The Labute approximate surface area is 104 Å². The van der Waals surface area contributed by atoms with E-state index in [0.29, 0.717) is 6.61 Å². The molecule has 0 radical (unpaired) electrons. The minimum absolute atomic E-state index is 0.565. The monoisotopic (exact) mass is 234 g/mol. The molecular formula is C15H22O2. The van der Waals surface area contributed by atoms with Gasteiger partial charge in [-0.25, -0.2) is 0 Å². The average Bonchev–Trinajstić information content (AvgIpc) is 2.55. The first-order chi connectivity index (χ1) is 8.22. The van der Waals surface area contributed by atoms with E-state index in [0.717, 1.165) is 38.7 Å². The molecule has 1 heterocycles. The maximum atomic E-state index is 10.6. The van der Waals surface area contributed by atoms with Crippen LogP contribution in [-0.2, 0) is 17.6 Å². The van der Waals surface area contributed by atoms with Crippen LogP contribution in [0.1, 0.15) is 37.3 Å². The van der Waals surface area contributed by atoms with Crippen molar-refractivity contribution in [2.24, 2.45) is 0 Å². The molecular weight excluding hydrogens is 212 g/mol. The first-order valence-corrected chi connectivity index (χ1v) is 6.60. The largest absolute Gasteiger partial charge is 0.389 e. The maximum Gasteiger partial charge on any atom is 0.0710 e. The number of rotatable bonds is 3. The SMILES string of the molecule is CCc1ccc(CC2(O)CCCOCC2)cc1. The van der Waals surface area contributed by atoms with Crippen molar-refractivity contribution >= 4 is 0 Å². The number of aliphatic hydroxyl groups is 1. The van der Waals surface area contributed by atoms with Crippen LogP contribution in [0, 0.1) is 0 Å². The summed E-state index contributed by atoms with van der Waals surface area (Å²) in [4.78, 5) is 0. The highest BCUT2D eigenvalue weighted by Gasteiger charge is 2.28. The molecule has 1 aliphatic rings. The van der Waals surface area contributed by atoms with Crippen molar-refractivity contribution in [2.75, 3.05) is 13.2 Å². The predicted molar refractivity (Wildman–Crippen MR) is 69.1 cm³/mol. The van der Waals surface area contributed by atoms with Gasteiger partial charge in [-0.15, -0.1) is 0 Å². The Morgan fingerprint density at radius 1 is 1.12 bits per heavy atom. The molecule has 0 aliphatic carbocycles. The van der Waals surface area contributed by atoms with Crippen LogP contribution in [-0.4, -0.2) is 23.9 Å². The fraction of sp³-hybridized carbons (Fsp3) is 0.600. The van der Waals surface area contributed by atoms with E-state index < -0.39 is 5.60 Å². The summed E-state index contributed by atoms with van der Waals surface area (Å²) < 4.78 is 5.40. The molecule has 1 unspecified atom stereocenters. The highest BCUT2D eigenvalue weighted by Crippen LogP contribution is 2.25. The van der Waals surface area contributed by atoms with Crippen molar-refractivity contribution in [1.82, 2.24) is 0 Å². The second-order valence-electron chi connectivity index (χ2n) is 5.04. The van der Waals surface area contributed by atoms with Crippen LogP contribution in [0.25, 0.3) is 0 Å². The lowest BCUT2D eigenvalue weighted by Crippen LogP contribution is -2.31. The van der Waals surface area contributed by atoms with Gasteiger partial charge < -0.3 is 9.84 Å². The van der Waals surface area contributed by atoms with Crippen LogP contribution < -0.4 is 0 Å². The molecule has 0 aromatic heterocycles. The van der Waals surface area contributed by atoms with E-state index in [4.69, 9.17) is 4.74 Å².